The molecule has 2 aliphatic heterocycles. The van der Waals surface area contributed by atoms with Gasteiger partial charge in [-0.2, -0.15) is 0 Å². The van der Waals surface area contributed by atoms with Crippen LogP contribution in [-0.2, 0) is 10.4 Å². The standard InChI is InChI=1S/C22H26N2O3S/c1-16-10-11-20(28-16)19(25)14-22(27)17-8-4-5-9-18(17)24(21(22)26)15-23-12-6-2-3-7-13-23/h4-5,8-11,27H,2-3,6-7,12-15H2,1H3. The predicted octanol–water partition coefficient (Wildman–Crippen LogP) is 3.70. The van der Waals surface area contributed by atoms with Crippen molar-refractivity contribution in [1.29, 1.82) is 0 Å². The van der Waals surface area contributed by atoms with Crippen LogP contribution < -0.4 is 4.90 Å². The van der Waals surface area contributed by atoms with Crippen LogP contribution in [0.1, 0.15) is 52.2 Å². The van der Waals surface area contributed by atoms with Crippen molar-refractivity contribution in [2.24, 2.45) is 0 Å². The molecule has 1 aromatic carbocycles. The number of thiophene rings is 1. The van der Waals surface area contributed by atoms with Gasteiger partial charge in [0.05, 0.1) is 23.7 Å². The van der Waals surface area contributed by atoms with Gasteiger partial charge in [-0.3, -0.25) is 19.4 Å². The maximum atomic E-state index is 13.3. The van der Waals surface area contributed by atoms with Crippen molar-refractivity contribution >= 4 is 28.7 Å². The van der Waals surface area contributed by atoms with Gasteiger partial charge in [-0.1, -0.05) is 31.0 Å². The monoisotopic (exact) mass is 398 g/mol. The molecule has 2 aliphatic rings. The molecule has 0 bridgehead atoms. The van der Waals surface area contributed by atoms with Crippen LogP contribution in [0.4, 0.5) is 5.69 Å². The molecule has 4 rings (SSSR count). The van der Waals surface area contributed by atoms with E-state index < -0.39 is 5.60 Å². The number of likely N-dealkylation sites (tertiary alicyclic amines) is 1. The first-order valence-corrected chi connectivity index (χ1v) is 10.8. The number of hydrogen-bond acceptors (Lipinski definition) is 5. The normalized spacial score (nSPS) is 22.9. The lowest BCUT2D eigenvalue weighted by atomic mass is 9.89. The summed E-state index contributed by atoms with van der Waals surface area (Å²) in [5, 5.41) is 11.4. The number of fused-ring (bicyclic) bond motifs is 1. The highest BCUT2D eigenvalue weighted by molar-refractivity contribution is 7.14. The van der Waals surface area contributed by atoms with E-state index in [0.29, 0.717) is 17.1 Å². The number of rotatable bonds is 5. The van der Waals surface area contributed by atoms with E-state index in [1.807, 2.05) is 31.2 Å². The SMILES string of the molecule is Cc1ccc(C(=O)CC2(O)C(=O)N(CN3CCCCCC3)c3ccccc32)s1. The van der Waals surface area contributed by atoms with Crippen molar-refractivity contribution in [3.8, 4) is 0 Å². The second-order valence-corrected chi connectivity index (χ2v) is 9.08. The maximum absolute atomic E-state index is 13.3. The summed E-state index contributed by atoms with van der Waals surface area (Å²) >= 11 is 1.40. The van der Waals surface area contributed by atoms with E-state index in [2.05, 4.69) is 4.90 Å². The number of carbonyl (C=O) groups is 2. The molecule has 1 fully saturated rings. The number of para-hydroxylation sites is 1. The molecule has 1 atom stereocenters. The summed E-state index contributed by atoms with van der Waals surface area (Å²) in [6.45, 7) is 4.31. The van der Waals surface area contributed by atoms with Crippen molar-refractivity contribution in [3.05, 3.63) is 51.7 Å². The summed E-state index contributed by atoms with van der Waals surface area (Å²) in [5.41, 5.74) is -0.539. The average molecular weight is 399 g/mol. The van der Waals surface area contributed by atoms with Crippen molar-refractivity contribution < 1.29 is 14.7 Å². The number of amides is 1. The fourth-order valence-electron chi connectivity index (χ4n) is 4.20. The molecule has 28 heavy (non-hydrogen) atoms. The molecule has 5 nitrogen and oxygen atoms in total. The number of aliphatic hydroxyl groups is 1. The van der Waals surface area contributed by atoms with Crippen molar-refractivity contribution in [1.82, 2.24) is 4.90 Å². The van der Waals surface area contributed by atoms with Crippen molar-refractivity contribution in [3.63, 3.8) is 0 Å². The Morgan fingerprint density at radius 2 is 1.82 bits per heavy atom. The first-order valence-electron chi connectivity index (χ1n) is 9.95. The largest absolute Gasteiger partial charge is 0.375 e. The summed E-state index contributed by atoms with van der Waals surface area (Å²) in [7, 11) is 0. The molecule has 2 aromatic rings. The first-order chi connectivity index (χ1) is 13.5. The second-order valence-electron chi connectivity index (χ2n) is 7.79. The highest BCUT2D eigenvalue weighted by Crippen LogP contribution is 2.43. The average Bonchev–Trinajstić information content (AvgIpc) is 3.07. The van der Waals surface area contributed by atoms with Gasteiger partial charge in [-0.15, -0.1) is 11.3 Å². The van der Waals surface area contributed by atoms with Crippen LogP contribution in [0.3, 0.4) is 0 Å². The van der Waals surface area contributed by atoms with E-state index in [1.54, 1.807) is 17.0 Å². The summed E-state index contributed by atoms with van der Waals surface area (Å²) in [6, 6.07) is 11.0. The van der Waals surface area contributed by atoms with Gasteiger partial charge in [0.15, 0.2) is 11.4 Å². The van der Waals surface area contributed by atoms with Crippen LogP contribution >= 0.6 is 11.3 Å². The molecular formula is C22H26N2O3S. The third-order valence-corrected chi connectivity index (χ3v) is 6.75. The number of ketones is 1. The first kappa shape index (κ1) is 19.3. The van der Waals surface area contributed by atoms with E-state index in [4.69, 9.17) is 0 Å². The smallest absolute Gasteiger partial charge is 0.265 e. The van der Waals surface area contributed by atoms with Crippen LogP contribution in [0.2, 0.25) is 0 Å². The molecule has 1 amide bonds. The summed E-state index contributed by atoms with van der Waals surface area (Å²) in [6.07, 6.45) is 4.48. The number of hydrogen-bond donors (Lipinski definition) is 1. The molecule has 0 radical (unpaired) electrons. The van der Waals surface area contributed by atoms with E-state index >= 15 is 0 Å². The van der Waals surface area contributed by atoms with Crippen molar-refractivity contribution in [2.75, 3.05) is 24.7 Å². The van der Waals surface area contributed by atoms with Gasteiger partial charge in [0.2, 0.25) is 0 Å². The fourth-order valence-corrected chi connectivity index (χ4v) is 5.00. The second kappa shape index (κ2) is 7.78. The molecule has 0 aliphatic carbocycles. The number of benzene rings is 1. The minimum absolute atomic E-state index is 0.194. The van der Waals surface area contributed by atoms with Gasteiger partial charge in [0.25, 0.3) is 5.91 Å². The highest BCUT2D eigenvalue weighted by Gasteiger charge is 2.51. The number of aryl methyl sites for hydroxylation is 1. The molecule has 6 heteroatoms. The van der Waals surface area contributed by atoms with Gasteiger partial charge < -0.3 is 5.11 Å². The number of anilines is 1. The van der Waals surface area contributed by atoms with Crippen LogP contribution in [0.5, 0.6) is 0 Å². The van der Waals surface area contributed by atoms with Crippen LogP contribution in [0.25, 0.3) is 0 Å². The van der Waals surface area contributed by atoms with Gasteiger partial charge in [-0.25, -0.2) is 0 Å². The molecule has 3 heterocycles. The quantitative estimate of drug-likeness (QED) is 0.780. The molecule has 1 N–H and O–H groups in total. The van der Waals surface area contributed by atoms with Gasteiger partial charge in [-0.05, 0) is 51.1 Å². The Bertz CT molecular complexity index is 885. The Morgan fingerprint density at radius 3 is 2.50 bits per heavy atom. The van der Waals surface area contributed by atoms with Crippen molar-refractivity contribution in [2.45, 2.75) is 44.6 Å². The molecular weight excluding hydrogens is 372 g/mol. The van der Waals surface area contributed by atoms with Crippen LogP contribution in [-0.4, -0.2) is 41.5 Å². The molecule has 0 saturated carbocycles. The minimum Gasteiger partial charge on any atom is -0.375 e. The zero-order valence-electron chi connectivity index (χ0n) is 16.2. The lowest BCUT2D eigenvalue weighted by molar-refractivity contribution is -0.136. The van der Waals surface area contributed by atoms with E-state index in [-0.39, 0.29) is 18.1 Å². The zero-order chi connectivity index (χ0) is 19.7. The summed E-state index contributed by atoms with van der Waals surface area (Å²) in [5.74, 6) is -0.583. The minimum atomic E-state index is -1.79. The molecule has 1 saturated heterocycles. The lowest BCUT2D eigenvalue weighted by Crippen LogP contribution is -2.46. The Hall–Kier alpha value is -2.02. The van der Waals surface area contributed by atoms with E-state index in [9.17, 15) is 14.7 Å². The van der Waals surface area contributed by atoms with Gasteiger partial charge in [0, 0.05) is 10.4 Å². The summed E-state index contributed by atoms with van der Waals surface area (Å²) in [4.78, 5) is 31.7. The number of nitrogens with zero attached hydrogens (tertiary/aromatic N) is 2. The molecule has 148 valence electrons. The third-order valence-electron chi connectivity index (χ3n) is 5.71. The fraction of sp³-hybridized carbons (Fsp3) is 0.455. The Morgan fingerprint density at radius 1 is 1.11 bits per heavy atom. The van der Waals surface area contributed by atoms with E-state index in [1.165, 1.54) is 24.2 Å². The molecule has 1 unspecified atom stereocenters. The summed E-state index contributed by atoms with van der Waals surface area (Å²) < 4.78 is 0. The lowest BCUT2D eigenvalue weighted by Gasteiger charge is -2.28. The highest BCUT2D eigenvalue weighted by atomic mass is 32.1. The third kappa shape index (κ3) is 3.52. The molecule has 1 aromatic heterocycles. The predicted molar refractivity (Wildman–Crippen MR) is 111 cm³/mol. The van der Waals surface area contributed by atoms with Crippen LogP contribution in [0, 0.1) is 6.92 Å². The van der Waals surface area contributed by atoms with Gasteiger partial charge in [0.1, 0.15) is 0 Å². The Labute approximate surface area is 169 Å². The molecule has 0 spiro atoms. The number of Topliss-reactive ketones (excluding diaryl/α,β-unsaturated/α-hetero) is 1. The Balaban J connectivity index is 1.61. The maximum Gasteiger partial charge on any atom is 0.265 e. The van der Waals surface area contributed by atoms with Crippen LogP contribution in [0.15, 0.2) is 36.4 Å². The Kier molecular flexibility index (Phi) is 5.36. The van der Waals surface area contributed by atoms with E-state index in [0.717, 1.165) is 36.5 Å². The zero-order valence-corrected chi connectivity index (χ0v) is 17.0. The van der Waals surface area contributed by atoms with Gasteiger partial charge >= 0.3 is 0 Å². The topological polar surface area (TPSA) is 60.9 Å². The number of carbonyl (C=O) groups excluding carboxylic acids is 2.